The molecule has 0 aromatic heterocycles. The summed E-state index contributed by atoms with van der Waals surface area (Å²) in [5.41, 5.74) is 0.266. The molecule has 0 heterocycles. The summed E-state index contributed by atoms with van der Waals surface area (Å²) in [6.07, 6.45) is 0. The van der Waals surface area contributed by atoms with Gasteiger partial charge in [0.1, 0.15) is 0 Å². The standard InChI is InChI=1S/C6H13O.2ClH.Mg/c1-6(2,3)5-7-4;;;/h4-5H2,1-3H3;2*1H;/q;;;+2/p-2. The van der Waals surface area contributed by atoms with Gasteiger partial charge in [0.25, 0.3) is 0 Å². The third-order valence-corrected chi connectivity index (χ3v) is 0.535. The Hall–Kier alpha value is 1.31. The molecule has 0 aliphatic rings. The summed E-state index contributed by atoms with van der Waals surface area (Å²) in [5.74, 6) is 0. The van der Waals surface area contributed by atoms with Gasteiger partial charge in [0.15, 0.2) is 0 Å². The first kappa shape index (κ1) is 13.9. The molecule has 0 aliphatic carbocycles. The molecule has 0 aliphatic heterocycles. The van der Waals surface area contributed by atoms with Crippen molar-refractivity contribution in [1.29, 1.82) is 0 Å². The minimum Gasteiger partial charge on any atom is -0.379 e. The number of hydrogen-bond donors (Lipinski definition) is 0. The maximum atomic E-state index is 4.90. The second-order valence-electron chi connectivity index (χ2n) is 3.01. The van der Waals surface area contributed by atoms with Gasteiger partial charge in [0.05, 0.1) is 13.7 Å². The monoisotopic (exact) mass is 195 g/mol. The molecule has 0 unspecified atom stereocenters. The highest BCUT2D eigenvalue weighted by Crippen LogP contribution is 2.11. The number of halogens is 2. The van der Waals surface area contributed by atoms with Crippen molar-refractivity contribution >= 4 is 36.3 Å². The highest BCUT2D eigenvalue weighted by molar-refractivity contribution is 7.22. The Labute approximate surface area is 80.7 Å². The van der Waals surface area contributed by atoms with E-state index in [0.717, 1.165) is 6.61 Å². The van der Waals surface area contributed by atoms with Crippen LogP contribution in [0.15, 0.2) is 0 Å². The fourth-order valence-corrected chi connectivity index (χ4v) is 0.306. The van der Waals surface area contributed by atoms with Crippen LogP contribution in [-0.4, -0.2) is 24.8 Å². The van der Waals surface area contributed by atoms with E-state index in [1.807, 2.05) is 0 Å². The second kappa shape index (κ2) is 8.40. The third-order valence-electron chi connectivity index (χ3n) is 0.535. The summed E-state index contributed by atoms with van der Waals surface area (Å²) in [5, 5.41) is 0. The Bertz CT molecular complexity index is 63.3. The molecule has 1 radical (unpaired) electrons. The maximum absolute atomic E-state index is 4.90. The van der Waals surface area contributed by atoms with E-state index in [1.54, 1.807) is 0 Å². The van der Waals surface area contributed by atoms with Crippen molar-refractivity contribution in [1.82, 2.24) is 0 Å². The first-order valence-electron chi connectivity index (χ1n) is 2.97. The highest BCUT2D eigenvalue weighted by Gasteiger charge is 2.07. The summed E-state index contributed by atoms with van der Waals surface area (Å²) >= 11 is -0.639. The van der Waals surface area contributed by atoms with Crippen LogP contribution in [0.5, 0.6) is 0 Å². The SMILES string of the molecule is [CH2]OCC(C)(C)C.[Cl][Mg][Cl]. The lowest BCUT2D eigenvalue weighted by atomic mass is 9.99. The van der Waals surface area contributed by atoms with Gasteiger partial charge in [-0.05, 0) is 5.41 Å². The first-order valence-corrected chi connectivity index (χ1v) is 7.24. The zero-order valence-corrected chi connectivity index (χ0v) is 9.71. The molecule has 0 spiro atoms. The summed E-state index contributed by atoms with van der Waals surface area (Å²) < 4.78 is 4.66. The molecule has 10 heavy (non-hydrogen) atoms. The van der Waals surface area contributed by atoms with Crippen molar-refractivity contribution in [2.24, 2.45) is 5.41 Å². The van der Waals surface area contributed by atoms with Gasteiger partial charge < -0.3 is 22.9 Å². The normalized spacial score (nSPS) is 9.40. The van der Waals surface area contributed by atoms with Gasteiger partial charge in [0, 0.05) is 0 Å². The van der Waals surface area contributed by atoms with E-state index in [4.69, 9.17) is 18.1 Å². The van der Waals surface area contributed by atoms with E-state index in [-0.39, 0.29) is 5.41 Å². The molecule has 0 atom stereocenters. The van der Waals surface area contributed by atoms with Gasteiger partial charge in [-0.3, -0.25) is 0 Å². The molecule has 0 amide bonds. The first-order chi connectivity index (χ1) is 4.47. The van der Waals surface area contributed by atoms with Crippen molar-refractivity contribution < 1.29 is 4.74 Å². The van der Waals surface area contributed by atoms with Gasteiger partial charge in [-0.25, -0.2) is 0 Å². The molecular weight excluding hydrogens is 183 g/mol. The second-order valence-corrected chi connectivity index (χ2v) is 5.64. The van der Waals surface area contributed by atoms with Crippen LogP contribution >= 0.6 is 18.1 Å². The van der Waals surface area contributed by atoms with Crippen molar-refractivity contribution in [2.45, 2.75) is 20.8 Å². The largest absolute Gasteiger partial charge is 0.618 e. The van der Waals surface area contributed by atoms with Crippen LogP contribution in [0.25, 0.3) is 0 Å². The van der Waals surface area contributed by atoms with Crippen molar-refractivity contribution in [3.63, 3.8) is 0 Å². The van der Waals surface area contributed by atoms with Gasteiger partial charge in [-0.15, -0.1) is 0 Å². The smallest absolute Gasteiger partial charge is 0.379 e. The lowest BCUT2D eigenvalue weighted by Gasteiger charge is -2.15. The molecule has 0 aromatic rings. The number of rotatable bonds is 1. The quantitative estimate of drug-likeness (QED) is 0.586. The minimum absolute atomic E-state index is 0.266. The summed E-state index contributed by atoms with van der Waals surface area (Å²) in [6, 6.07) is 0. The lowest BCUT2D eigenvalue weighted by molar-refractivity contribution is 0.146. The molecule has 0 rings (SSSR count). The summed E-state index contributed by atoms with van der Waals surface area (Å²) in [4.78, 5) is 0. The predicted molar refractivity (Wildman–Crippen MR) is 48.2 cm³/mol. The molecule has 1 nitrogen and oxygen atoms in total. The molecule has 0 bridgehead atoms. The summed E-state index contributed by atoms with van der Waals surface area (Å²) in [7, 11) is 13.1. The zero-order valence-electron chi connectivity index (χ0n) is 6.79. The predicted octanol–water partition coefficient (Wildman–Crippen LogP) is 2.84. The fraction of sp³-hybridized carbons (Fsp3) is 0.833. The molecule has 59 valence electrons. The van der Waals surface area contributed by atoms with Crippen LogP contribution in [-0.2, 0) is 4.74 Å². The molecule has 0 N–H and O–H groups in total. The average Bonchev–Trinajstić information content (AvgIpc) is 1.63. The fourth-order valence-electron chi connectivity index (χ4n) is 0.306. The van der Waals surface area contributed by atoms with Crippen LogP contribution < -0.4 is 0 Å². The molecule has 0 saturated carbocycles. The average molecular weight is 196 g/mol. The third kappa shape index (κ3) is 22.8. The molecule has 0 saturated heterocycles. The van der Waals surface area contributed by atoms with Gasteiger partial charge in [-0.2, -0.15) is 0 Å². The highest BCUT2D eigenvalue weighted by atomic mass is 35.6. The van der Waals surface area contributed by atoms with Crippen LogP contribution in [0.4, 0.5) is 0 Å². The Kier molecular flexibility index (Phi) is 11.7. The zero-order chi connectivity index (χ0) is 8.62. The van der Waals surface area contributed by atoms with Crippen molar-refractivity contribution in [3.8, 4) is 0 Å². The Morgan fingerprint density at radius 3 is 1.70 bits per heavy atom. The lowest BCUT2D eigenvalue weighted by Crippen LogP contribution is -2.11. The number of ether oxygens (including phenoxy) is 1. The Balaban J connectivity index is 0. The summed E-state index contributed by atoms with van der Waals surface area (Å²) in [6.45, 7) is 7.06. The van der Waals surface area contributed by atoms with Gasteiger partial charge in [-0.1, -0.05) is 20.8 Å². The number of hydrogen-bond acceptors (Lipinski definition) is 1. The van der Waals surface area contributed by atoms with E-state index in [1.165, 1.54) is 0 Å². The molecular formula is C6H13Cl2MgO. The Morgan fingerprint density at radius 1 is 1.40 bits per heavy atom. The van der Waals surface area contributed by atoms with E-state index in [2.05, 4.69) is 32.6 Å². The van der Waals surface area contributed by atoms with Gasteiger partial charge >= 0.3 is 18.2 Å². The topological polar surface area (TPSA) is 9.23 Å². The van der Waals surface area contributed by atoms with Crippen LogP contribution in [0.2, 0.25) is 0 Å². The molecule has 0 fully saturated rings. The molecule has 0 aromatic carbocycles. The minimum atomic E-state index is -0.639. The van der Waals surface area contributed by atoms with Gasteiger partial charge in [0.2, 0.25) is 0 Å². The Morgan fingerprint density at radius 2 is 1.70 bits per heavy atom. The van der Waals surface area contributed by atoms with Crippen LogP contribution in [0.3, 0.4) is 0 Å². The van der Waals surface area contributed by atoms with E-state index in [0.29, 0.717) is 0 Å². The maximum Gasteiger partial charge on any atom is 0.618 e. The van der Waals surface area contributed by atoms with E-state index >= 15 is 0 Å². The van der Waals surface area contributed by atoms with Crippen molar-refractivity contribution in [3.05, 3.63) is 7.11 Å². The van der Waals surface area contributed by atoms with Crippen molar-refractivity contribution in [2.75, 3.05) is 6.61 Å². The van der Waals surface area contributed by atoms with Crippen LogP contribution in [0.1, 0.15) is 20.8 Å². The van der Waals surface area contributed by atoms with E-state index < -0.39 is 18.2 Å². The van der Waals surface area contributed by atoms with Crippen LogP contribution in [0, 0.1) is 12.5 Å². The molecule has 4 heteroatoms. The van der Waals surface area contributed by atoms with E-state index in [9.17, 15) is 0 Å².